The van der Waals surface area contributed by atoms with Gasteiger partial charge in [-0.2, -0.15) is 13.2 Å². The molecule has 8 nitrogen and oxygen atoms in total. The third-order valence-electron chi connectivity index (χ3n) is 8.43. The van der Waals surface area contributed by atoms with Crippen LogP contribution in [0.25, 0.3) is 11.1 Å². The molecule has 49 heavy (non-hydrogen) atoms. The van der Waals surface area contributed by atoms with E-state index in [0.717, 1.165) is 45.5 Å². The van der Waals surface area contributed by atoms with Gasteiger partial charge in [-0.3, -0.25) is 9.59 Å². The van der Waals surface area contributed by atoms with Gasteiger partial charge in [0.1, 0.15) is 18.1 Å². The lowest BCUT2D eigenvalue weighted by Gasteiger charge is -2.25. The number of carbonyl (C=O) groups is 2. The van der Waals surface area contributed by atoms with E-state index in [-0.39, 0.29) is 35.9 Å². The zero-order valence-corrected chi connectivity index (χ0v) is 27.1. The summed E-state index contributed by atoms with van der Waals surface area (Å²) in [4.78, 5) is 22.9. The molecule has 1 N–H and O–H groups in total. The highest BCUT2D eigenvalue weighted by molar-refractivity contribution is 5.71. The molecular formula is C38H37F3O8. The van der Waals surface area contributed by atoms with Crippen molar-refractivity contribution in [1.82, 2.24) is 0 Å². The van der Waals surface area contributed by atoms with E-state index in [9.17, 15) is 27.9 Å². The Morgan fingerprint density at radius 3 is 1.94 bits per heavy atom. The molecule has 0 saturated carbocycles. The molecule has 4 aromatic carbocycles. The number of benzene rings is 4. The number of methoxy groups -OCH3 is 2. The van der Waals surface area contributed by atoms with E-state index in [1.807, 2.05) is 48.5 Å². The van der Waals surface area contributed by atoms with Gasteiger partial charge in [0.15, 0.2) is 0 Å². The Hall–Kier alpha value is -4.87. The van der Waals surface area contributed by atoms with E-state index in [2.05, 4.69) is 4.74 Å². The summed E-state index contributed by atoms with van der Waals surface area (Å²) in [5.74, 6) is 0.365. The van der Waals surface area contributed by atoms with Crippen molar-refractivity contribution in [3.8, 4) is 22.6 Å². The number of alkyl halides is 3. The van der Waals surface area contributed by atoms with Gasteiger partial charge in [0.2, 0.25) is 0 Å². The molecule has 0 amide bonds. The molecule has 4 aromatic rings. The van der Waals surface area contributed by atoms with Gasteiger partial charge in [-0.25, -0.2) is 0 Å². The second-order valence-electron chi connectivity index (χ2n) is 11.8. The zero-order valence-electron chi connectivity index (χ0n) is 27.1. The van der Waals surface area contributed by atoms with Crippen LogP contribution in [0.3, 0.4) is 0 Å². The van der Waals surface area contributed by atoms with Crippen LogP contribution in [-0.2, 0) is 54.5 Å². The second-order valence-corrected chi connectivity index (χ2v) is 11.8. The molecule has 0 radical (unpaired) electrons. The van der Waals surface area contributed by atoms with Crippen LogP contribution in [0.2, 0.25) is 0 Å². The SMILES string of the molecule is COC(=O)CC1COCc2cc(O)ccc21.COC(=O)CC1COCc2cc(OCc3cccc(-c4ccc(C(F)(F)F)cc4)c3)ccc21. The molecule has 6 rings (SSSR count). The number of carbonyl (C=O) groups excluding carboxylic acids is 2. The van der Waals surface area contributed by atoms with E-state index in [4.69, 9.17) is 18.9 Å². The van der Waals surface area contributed by atoms with Crippen molar-refractivity contribution in [3.63, 3.8) is 0 Å². The largest absolute Gasteiger partial charge is 0.508 e. The van der Waals surface area contributed by atoms with E-state index in [1.54, 1.807) is 12.1 Å². The number of hydrogen-bond donors (Lipinski definition) is 1. The topological polar surface area (TPSA) is 101 Å². The van der Waals surface area contributed by atoms with Crippen molar-refractivity contribution in [3.05, 3.63) is 118 Å². The summed E-state index contributed by atoms with van der Waals surface area (Å²) in [5.41, 5.74) is 5.78. The van der Waals surface area contributed by atoms with Gasteiger partial charge in [-0.1, -0.05) is 42.5 Å². The first-order valence-electron chi connectivity index (χ1n) is 15.7. The zero-order chi connectivity index (χ0) is 35.0. The monoisotopic (exact) mass is 678 g/mol. The number of phenolic OH excluding ortho intramolecular Hbond substituents is 1. The average molecular weight is 679 g/mol. The minimum atomic E-state index is -4.35. The van der Waals surface area contributed by atoms with Gasteiger partial charge in [-0.05, 0) is 81.4 Å². The number of halogens is 3. The Bertz CT molecular complexity index is 1750. The maximum Gasteiger partial charge on any atom is 0.416 e. The highest BCUT2D eigenvalue weighted by Gasteiger charge is 2.30. The van der Waals surface area contributed by atoms with Crippen LogP contribution in [0, 0.1) is 0 Å². The average Bonchev–Trinajstić information content (AvgIpc) is 3.10. The fourth-order valence-corrected chi connectivity index (χ4v) is 5.88. The lowest BCUT2D eigenvalue weighted by atomic mass is 9.90. The normalized spacial score (nSPS) is 16.7. The smallest absolute Gasteiger partial charge is 0.416 e. The number of esters is 2. The number of hydrogen-bond acceptors (Lipinski definition) is 8. The predicted octanol–water partition coefficient (Wildman–Crippen LogP) is 7.70. The van der Waals surface area contributed by atoms with Crippen LogP contribution >= 0.6 is 0 Å². The van der Waals surface area contributed by atoms with Crippen molar-refractivity contribution >= 4 is 11.9 Å². The summed E-state index contributed by atoms with van der Waals surface area (Å²) >= 11 is 0. The number of aromatic hydroxyl groups is 1. The molecule has 2 aliphatic rings. The molecule has 0 bridgehead atoms. The van der Waals surface area contributed by atoms with Gasteiger partial charge < -0.3 is 28.8 Å². The van der Waals surface area contributed by atoms with E-state index >= 15 is 0 Å². The summed E-state index contributed by atoms with van der Waals surface area (Å²) < 4.78 is 64.8. The molecule has 0 aromatic heterocycles. The van der Waals surface area contributed by atoms with Crippen LogP contribution in [0.5, 0.6) is 11.5 Å². The molecule has 0 fully saturated rings. The number of phenols is 1. The lowest BCUT2D eigenvalue weighted by molar-refractivity contribution is -0.142. The van der Waals surface area contributed by atoms with Crippen molar-refractivity contribution in [2.24, 2.45) is 0 Å². The van der Waals surface area contributed by atoms with Crippen molar-refractivity contribution in [1.29, 1.82) is 0 Å². The highest BCUT2D eigenvalue weighted by Crippen LogP contribution is 2.34. The van der Waals surface area contributed by atoms with Crippen LogP contribution in [0.4, 0.5) is 13.2 Å². The number of ether oxygens (including phenoxy) is 5. The van der Waals surface area contributed by atoms with Gasteiger partial charge in [-0.15, -0.1) is 0 Å². The predicted molar refractivity (Wildman–Crippen MR) is 174 cm³/mol. The maximum absolute atomic E-state index is 12.8. The molecule has 0 saturated heterocycles. The van der Waals surface area contributed by atoms with Crippen molar-refractivity contribution in [2.75, 3.05) is 27.4 Å². The Morgan fingerprint density at radius 1 is 0.755 bits per heavy atom. The first kappa shape index (κ1) is 35.4. The summed E-state index contributed by atoms with van der Waals surface area (Å²) in [7, 11) is 2.75. The fraction of sp³-hybridized carbons (Fsp3) is 0.316. The minimum Gasteiger partial charge on any atom is -0.508 e. The summed E-state index contributed by atoms with van der Waals surface area (Å²) in [6, 6.07) is 23.5. The minimum absolute atomic E-state index is 0.0248. The quantitative estimate of drug-likeness (QED) is 0.189. The third kappa shape index (κ3) is 9.39. The van der Waals surface area contributed by atoms with Gasteiger partial charge in [0.05, 0.1) is 59.1 Å². The van der Waals surface area contributed by atoms with Gasteiger partial charge >= 0.3 is 18.1 Å². The molecule has 258 valence electrons. The first-order valence-corrected chi connectivity index (χ1v) is 15.7. The van der Waals surface area contributed by atoms with E-state index in [1.165, 1.54) is 26.4 Å². The summed E-state index contributed by atoms with van der Waals surface area (Å²) in [5, 5.41) is 9.36. The molecule has 2 unspecified atom stereocenters. The highest BCUT2D eigenvalue weighted by atomic mass is 19.4. The molecule has 2 aliphatic heterocycles. The molecule has 0 spiro atoms. The van der Waals surface area contributed by atoms with E-state index < -0.39 is 11.7 Å². The number of rotatable bonds is 8. The Kier molecular flexibility index (Phi) is 11.6. The van der Waals surface area contributed by atoms with Crippen LogP contribution in [-0.4, -0.2) is 44.5 Å². The van der Waals surface area contributed by atoms with Crippen molar-refractivity contribution in [2.45, 2.75) is 50.7 Å². The molecular weight excluding hydrogens is 641 g/mol. The Morgan fingerprint density at radius 2 is 1.35 bits per heavy atom. The Balaban J connectivity index is 0.000000244. The van der Waals surface area contributed by atoms with Gasteiger partial charge in [0.25, 0.3) is 0 Å². The standard InChI is InChI=1S/C26H23F3O4.C12H14O4/c1-31-25(30)13-21-16-32-15-20-12-23(9-10-24(20)21)33-14-17-3-2-4-19(11-17)18-5-7-22(8-6-18)26(27,28)29;1-15-12(14)5-9-7-16-6-8-4-10(13)2-3-11(8)9/h2-12,21H,13-16H2,1H3;2-4,9,13H,5-7H2,1H3. The summed E-state index contributed by atoms with van der Waals surface area (Å²) in [6.07, 6.45) is -3.78. The fourth-order valence-electron chi connectivity index (χ4n) is 5.88. The third-order valence-corrected chi connectivity index (χ3v) is 8.43. The van der Waals surface area contributed by atoms with E-state index in [0.29, 0.717) is 50.8 Å². The lowest BCUT2D eigenvalue weighted by Crippen LogP contribution is -2.20. The molecule has 0 aliphatic carbocycles. The Labute approximate surface area is 282 Å². The molecule has 11 heteroatoms. The van der Waals surface area contributed by atoms with Gasteiger partial charge in [0, 0.05) is 11.8 Å². The van der Waals surface area contributed by atoms with Crippen LogP contribution < -0.4 is 4.74 Å². The summed E-state index contributed by atoms with van der Waals surface area (Å²) in [6.45, 7) is 2.24. The first-order chi connectivity index (χ1) is 23.5. The molecule has 2 heterocycles. The molecule has 2 atom stereocenters. The van der Waals surface area contributed by atoms with Crippen molar-refractivity contribution < 1.29 is 51.6 Å². The number of fused-ring (bicyclic) bond motifs is 2. The second kappa shape index (κ2) is 16.0. The maximum atomic E-state index is 12.8. The van der Waals surface area contributed by atoms with Crippen LogP contribution in [0.15, 0.2) is 84.9 Å². The van der Waals surface area contributed by atoms with Crippen LogP contribution in [0.1, 0.15) is 58.1 Å².